The number of nitriles is 1. The van der Waals surface area contributed by atoms with Gasteiger partial charge in [0.2, 0.25) is 0 Å². The second-order valence-corrected chi connectivity index (χ2v) is 33.4. The first-order valence-corrected chi connectivity index (χ1v) is 35.7. The van der Waals surface area contributed by atoms with E-state index < -0.39 is 0 Å². The average molecular weight is 1300 g/mol. The Labute approximate surface area is 589 Å². The number of nitrogens with zero attached hydrogens (tertiary/aromatic N) is 6. The van der Waals surface area contributed by atoms with Crippen molar-refractivity contribution in [2.24, 2.45) is 0 Å². The van der Waals surface area contributed by atoms with E-state index in [4.69, 9.17) is 0 Å². The lowest BCUT2D eigenvalue weighted by atomic mass is 9.33. The minimum absolute atomic E-state index is 0.0470. The van der Waals surface area contributed by atoms with E-state index in [1.165, 1.54) is 71.3 Å². The van der Waals surface area contributed by atoms with E-state index in [2.05, 4.69) is 376 Å². The molecule has 0 N–H and O–H groups in total. The lowest BCUT2D eigenvalue weighted by molar-refractivity contribution is 0.590. The van der Waals surface area contributed by atoms with Crippen molar-refractivity contribution in [1.82, 2.24) is 13.7 Å². The molecule has 0 saturated heterocycles. The van der Waals surface area contributed by atoms with Gasteiger partial charge >= 0.3 is 0 Å². The Morgan fingerprint density at radius 3 is 1.08 bits per heavy atom. The molecule has 0 radical (unpaired) electrons. The Morgan fingerprint density at radius 2 is 0.650 bits per heavy atom. The molecule has 0 unspecified atom stereocenters. The van der Waals surface area contributed by atoms with Crippen LogP contribution in [0.1, 0.15) is 137 Å². The molecule has 0 saturated carbocycles. The van der Waals surface area contributed by atoms with Crippen LogP contribution in [0.5, 0.6) is 0 Å². The fourth-order valence-electron chi connectivity index (χ4n) is 16.4. The maximum Gasteiger partial charge on any atom is 0.252 e. The first kappa shape index (κ1) is 62.7. The third-order valence-corrected chi connectivity index (χ3v) is 21.8. The monoisotopic (exact) mass is 1300 g/mol. The van der Waals surface area contributed by atoms with Crippen molar-refractivity contribution >= 4 is 123 Å². The predicted molar refractivity (Wildman–Crippen MR) is 427 cm³/mol. The van der Waals surface area contributed by atoms with Crippen LogP contribution < -0.4 is 26.2 Å². The normalized spacial score (nSPS) is 13.5. The van der Waals surface area contributed by atoms with Crippen molar-refractivity contribution in [2.45, 2.75) is 131 Å². The highest BCUT2D eigenvalue weighted by atomic mass is 15.2. The van der Waals surface area contributed by atoms with Crippen LogP contribution >= 0.6 is 0 Å². The molecular formula is C93H85BN6. The summed E-state index contributed by atoms with van der Waals surface area (Å²) in [7, 11) is 0. The standard InChI is InChI=1S/C93H85BN6/c1-89(2,3)58-36-44-80-68(48-58)69-49-59(90(4,5)6)37-45-81(69)96(80)63-40-42-73-84(54-63)99(75-31-22-19-28-65(75)57-26-17-16-18-27-57)86-52-62(93(13,14)15)53-87-88(86)94(73)74-43-41-64(97-82-46-38-60(91(7,8)9)50-70(82)71-51-61(92(10,11)12)39-47-83(71)97)55-85(74)100(87)79-35-25-34-78(72(79)56-95)98-76-32-23-20-29-66(76)67-30-21-24-33-77(67)98/h16-55H,1-15H3. The highest BCUT2D eigenvalue weighted by Crippen LogP contribution is 2.51. The lowest BCUT2D eigenvalue weighted by Gasteiger charge is -2.45. The van der Waals surface area contributed by atoms with Gasteiger partial charge in [0, 0.05) is 72.0 Å². The molecule has 5 heterocycles. The molecule has 0 bridgehead atoms. The number of benzene rings is 12. The molecule has 6 nitrogen and oxygen atoms in total. The summed E-state index contributed by atoms with van der Waals surface area (Å²) in [5, 5.41) is 19.6. The van der Waals surface area contributed by atoms with E-state index >= 15 is 0 Å². The van der Waals surface area contributed by atoms with E-state index in [0.29, 0.717) is 5.56 Å². The van der Waals surface area contributed by atoms with Crippen molar-refractivity contribution in [1.29, 1.82) is 5.26 Å². The second kappa shape index (κ2) is 22.1. The number of para-hydroxylation sites is 3. The third-order valence-electron chi connectivity index (χ3n) is 21.8. The van der Waals surface area contributed by atoms with Crippen LogP contribution in [-0.4, -0.2) is 20.4 Å². The zero-order valence-electron chi connectivity index (χ0n) is 60.4. The predicted octanol–water partition coefficient (Wildman–Crippen LogP) is 23.1. The van der Waals surface area contributed by atoms with Gasteiger partial charge in [0.15, 0.2) is 0 Å². The molecule has 0 atom stereocenters. The van der Waals surface area contributed by atoms with Gasteiger partial charge < -0.3 is 23.5 Å². The first-order chi connectivity index (χ1) is 47.7. The summed E-state index contributed by atoms with van der Waals surface area (Å²) in [5.41, 5.74) is 28.2. The fraction of sp³-hybridized carbons (Fsp3) is 0.215. The van der Waals surface area contributed by atoms with Crippen LogP contribution in [0.2, 0.25) is 0 Å². The molecule has 0 fully saturated rings. The SMILES string of the molecule is CC(C)(C)c1cc2c3c(c1)N(c1cccc(-n4c5ccccc5c5ccccc54)c1C#N)c1cc(-n4c5ccc(C(C)(C)C)cc5c5cc(C(C)(C)C)ccc54)ccc1B3c1ccc(-n3c4ccc(C(C)(C)C)cc4c4cc(C(C)(C)C)ccc43)cc1N2c1ccccc1-c1ccccc1. The molecule has 100 heavy (non-hydrogen) atoms. The Balaban J connectivity index is 0.999. The van der Waals surface area contributed by atoms with Gasteiger partial charge in [-0.25, -0.2) is 0 Å². The minimum Gasteiger partial charge on any atom is -0.311 e. The van der Waals surface area contributed by atoms with Crippen molar-refractivity contribution in [3.05, 3.63) is 276 Å². The Bertz CT molecular complexity index is 5770. The number of hydrogen-bond donors (Lipinski definition) is 0. The quantitative estimate of drug-likeness (QED) is 0.156. The zero-order valence-corrected chi connectivity index (χ0v) is 60.4. The Morgan fingerprint density at radius 1 is 0.280 bits per heavy atom. The van der Waals surface area contributed by atoms with Gasteiger partial charge in [-0.05, 0) is 192 Å². The van der Waals surface area contributed by atoms with Gasteiger partial charge in [0.25, 0.3) is 6.71 Å². The lowest BCUT2D eigenvalue weighted by Crippen LogP contribution is -2.61. The van der Waals surface area contributed by atoms with Gasteiger partial charge in [0.1, 0.15) is 11.6 Å². The van der Waals surface area contributed by atoms with Crippen LogP contribution in [0.4, 0.5) is 34.1 Å². The number of fused-ring (bicyclic) bond motifs is 13. The molecule has 0 spiro atoms. The van der Waals surface area contributed by atoms with Crippen LogP contribution in [0.3, 0.4) is 0 Å². The molecule has 12 aromatic carbocycles. The number of rotatable bonds is 6. The molecule has 2 aliphatic heterocycles. The molecule has 2 aliphatic rings. The minimum atomic E-state index is -0.327. The zero-order chi connectivity index (χ0) is 69.4. The van der Waals surface area contributed by atoms with Gasteiger partial charge in [-0.15, -0.1) is 0 Å². The molecule has 15 aromatic rings. The van der Waals surface area contributed by atoms with Crippen molar-refractivity contribution in [3.8, 4) is 34.3 Å². The van der Waals surface area contributed by atoms with Crippen molar-refractivity contribution < 1.29 is 0 Å². The highest BCUT2D eigenvalue weighted by molar-refractivity contribution is 7.00. The van der Waals surface area contributed by atoms with Gasteiger partial charge in [-0.3, -0.25) is 0 Å². The van der Waals surface area contributed by atoms with E-state index in [9.17, 15) is 5.26 Å². The molecule has 490 valence electrons. The molecule has 17 rings (SSSR count). The van der Waals surface area contributed by atoms with Crippen LogP contribution in [0.25, 0.3) is 93.6 Å². The summed E-state index contributed by atoms with van der Waals surface area (Å²) < 4.78 is 7.33. The number of aromatic nitrogens is 3. The molecule has 0 aliphatic carbocycles. The van der Waals surface area contributed by atoms with Crippen LogP contribution in [0.15, 0.2) is 243 Å². The first-order valence-electron chi connectivity index (χ1n) is 35.7. The fourth-order valence-corrected chi connectivity index (χ4v) is 16.4. The summed E-state index contributed by atoms with van der Waals surface area (Å²) >= 11 is 0. The summed E-state index contributed by atoms with van der Waals surface area (Å²) in [6.45, 7) is 34.6. The Hall–Kier alpha value is -10.8. The molecule has 3 aromatic heterocycles. The van der Waals surface area contributed by atoms with Crippen molar-refractivity contribution in [2.75, 3.05) is 9.80 Å². The van der Waals surface area contributed by atoms with Crippen molar-refractivity contribution in [3.63, 3.8) is 0 Å². The van der Waals surface area contributed by atoms with E-state index in [0.717, 1.165) is 101 Å². The van der Waals surface area contributed by atoms with E-state index in [1.807, 2.05) is 0 Å². The van der Waals surface area contributed by atoms with Gasteiger partial charge in [0.05, 0.1) is 50.2 Å². The summed E-state index contributed by atoms with van der Waals surface area (Å²) in [6.07, 6.45) is 0. The highest BCUT2D eigenvalue weighted by Gasteiger charge is 2.46. The summed E-state index contributed by atoms with van der Waals surface area (Å²) in [5.74, 6) is 0. The topological polar surface area (TPSA) is 45.1 Å². The van der Waals surface area contributed by atoms with E-state index in [-0.39, 0.29) is 33.8 Å². The summed E-state index contributed by atoms with van der Waals surface area (Å²) in [6, 6.07) is 94.7. The number of hydrogen-bond acceptors (Lipinski definition) is 3. The molecule has 0 amide bonds. The van der Waals surface area contributed by atoms with Gasteiger partial charge in [-0.1, -0.05) is 231 Å². The van der Waals surface area contributed by atoms with Crippen LogP contribution in [-0.2, 0) is 27.1 Å². The largest absolute Gasteiger partial charge is 0.311 e. The second-order valence-electron chi connectivity index (χ2n) is 33.4. The number of anilines is 6. The Kier molecular flexibility index (Phi) is 13.9. The van der Waals surface area contributed by atoms with E-state index in [1.54, 1.807) is 0 Å². The third kappa shape index (κ3) is 9.72. The summed E-state index contributed by atoms with van der Waals surface area (Å²) in [4.78, 5) is 5.08. The van der Waals surface area contributed by atoms with Crippen LogP contribution in [0, 0.1) is 11.3 Å². The maximum absolute atomic E-state index is 12.3. The maximum atomic E-state index is 12.3. The smallest absolute Gasteiger partial charge is 0.252 e. The molecule has 7 heteroatoms. The molecular weight excluding hydrogens is 1210 g/mol. The van der Waals surface area contributed by atoms with Gasteiger partial charge in [-0.2, -0.15) is 5.26 Å². The average Bonchev–Trinajstić information content (AvgIpc) is 0.867.